The maximum absolute atomic E-state index is 13.1. The summed E-state index contributed by atoms with van der Waals surface area (Å²) in [5.41, 5.74) is 2.13. The molecule has 0 aliphatic carbocycles. The largest absolute Gasteiger partial charge is 0.480 e. The Labute approximate surface area is 207 Å². The summed E-state index contributed by atoms with van der Waals surface area (Å²) in [4.78, 5) is 48.4. The van der Waals surface area contributed by atoms with Crippen LogP contribution in [0.4, 0.5) is 4.79 Å². The van der Waals surface area contributed by atoms with Crippen molar-refractivity contribution in [3.8, 4) is 0 Å². The van der Waals surface area contributed by atoms with Crippen molar-refractivity contribution < 1.29 is 34.1 Å². The highest BCUT2D eigenvalue weighted by Gasteiger charge is 2.27. The monoisotopic (exact) mass is 490 g/mol. The average Bonchev–Trinajstić information content (AvgIpc) is 2.88. The number of aromatic carboxylic acids is 1. The van der Waals surface area contributed by atoms with E-state index in [0.29, 0.717) is 5.56 Å². The Bertz CT molecular complexity index is 1180. The Hall–Kier alpha value is -4.66. The summed E-state index contributed by atoms with van der Waals surface area (Å²) in [6.45, 7) is 0.0104. The first kappa shape index (κ1) is 26.0. The smallest absolute Gasteiger partial charge is 0.408 e. The summed E-state index contributed by atoms with van der Waals surface area (Å²) < 4.78 is 5.23. The fraction of sp³-hybridized carbons (Fsp3) is 0.185. The van der Waals surface area contributed by atoms with Gasteiger partial charge in [0, 0.05) is 12.8 Å². The van der Waals surface area contributed by atoms with Gasteiger partial charge in [0.25, 0.3) is 0 Å². The number of carboxylic acids is 2. The Morgan fingerprint density at radius 2 is 1.19 bits per heavy atom. The maximum atomic E-state index is 13.1. The Morgan fingerprint density at radius 1 is 0.667 bits per heavy atom. The van der Waals surface area contributed by atoms with E-state index in [1.54, 1.807) is 36.4 Å². The lowest BCUT2D eigenvalue weighted by atomic mass is 10.0. The van der Waals surface area contributed by atoms with Crippen molar-refractivity contribution in [1.29, 1.82) is 0 Å². The van der Waals surface area contributed by atoms with Gasteiger partial charge in [0.05, 0.1) is 5.56 Å². The highest BCUT2D eigenvalue weighted by molar-refractivity contribution is 5.90. The highest BCUT2D eigenvalue weighted by Crippen LogP contribution is 2.10. The van der Waals surface area contributed by atoms with E-state index in [1.807, 2.05) is 24.3 Å². The van der Waals surface area contributed by atoms with Crippen molar-refractivity contribution in [3.63, 3.8) is 0 Å². The van der Waals surface area contributed by atoms with Crippen LogP contribution in [0.5, 0.6) is 0 Å². The quantitative estimate of drug-likeness (QED) is 0.324. The Morgan fingerprint density at radius 3 is 1.75 bits per heavy atom. The minimum absolute atomic E-state index is 0.0104. The normalized spacial score (nSPS) is 12.1. The van der Waals surface area contributed by atoms with E-state index >= 15 is 0 Å². The fourth-order valence-electron chi connectivity index (χ4n) is 3.46. The number of amides is 2. The maximum Gasteiger partial charge on any atom is 0.408 e. The van der Waals surface area contributed by atoms with Gasteiger partial charge in [-0.1, -0.05) is 72.8 Å². The molecule has 2 amide bonds. The van der Waals surface area contributed by atoms with Crippen LogP contribution in [0.3, 0.4) is 0 Å². The lowest BCUT2D eigenvalue weighted by Crippen LogP contribution is -2.53. The third-order valence-electron chi connectivity index (χ3n) is 5.36. The number of carbonyl (C=O) groups excluding carboxylic acids is 2. The van der Waals surface area contributed by atoms with Crippen LogP contribution < -0.4 is 10.6 Å². The zero-order valence-corrected chi connectivity index (χ0v) is 19.3. The Balaban J connectivity index is 1.69. The van der Waals surface area contributed by atoms with Gasteiger partial charge < -0.3 is 25.6 Å². The average molecular weight is 491 g/mol. The molecule has 0 aliphatic rings. The fourth-order valence-corrected chi connectivity index (χ4v) is 3.46. The Kier molecular flexibility index (Phi) is 9.16. The summed E-state index contributed by atoms with van der Waals surface area (Å²) in [6.07, 6.45) is -0.768. The molecule has 0 spiro atoms. The van der Waals surface area contributed by atoms with Gasteiger partial charge in [0.1, 0.15) is 18.7 Å². The topological polar surface area (TPSA) is 142 Å². The molecule has 0 saturated carbocycles. The number of alkyl carbamates (subject to hydrolysis) is 1. The van der Waals surface area contributed by atoms with E-state index in [1.165, 1.54) is 24.3 Å². The number of ether oxygens (including phenoxy) is 1. The van der Waals surface area contributed by atoms with Gasteiger partial charge in [-0.2, -0.15) is 0 Å². The third-order valence-corrected chi connectivity index (χ3v) is 5.36. The molecule has 0 radical (unpaired) electrons. The van der Waals surface area contributed by atoms with Crippen LogP contribution >= 0.6 is 0 Å². The van der Waals surface area contributed by atoms with E-state index in [4.69, 9.17) is 9.84 Å². The van der Waals surface area contributed by atoms with Crippen LogP contribution in [0.15, 0.2) is 84.9 Å². The molecule has 0 unspecified atom stereocenters. The van der Waals surface area contributed by atoms with Crippen molar-refractivity contribution in [2.45, 2.75) is 31.5 Å². The van der Waals surface area contributed by atoms with Crippen molar-refractivity contribution in [2.24, 2.45) is 0 Å². The molecule has 9 nitrogen and oxygen atoms in total. The van der Waals surface area contributed by atoms with Crippen molar-refractivity contribution >= 4 is 23.9 Å². The van der Waals surface area contributed by atoms with Gasteiger partial charge in [-0.3, -0.25) is 4.79 Å². The van der Waals surface area contributed by atoms with Crippen LogP contribution in [0.1, 0.15) is 27.0 Å². The predicted octanol–water partition coefficient (Wildman–Crippen LogP) is 3.03. The van der Waals surface area contributed by atoms with Gasteiger partial charge in [0.15, 0.2) is 0 Å². The van der Waals surface area contributed by atoms with Crippen LogP contribution in [-0.4, -0.2) is 46.2 Å². The zero-order chi connectivity index (χ0) is 25.9. The van der Waals surface area contributed by atoms with Gasteiger partial charge in [0.2, 0.25) is 5.91 Å². The van der Waals surface area contributed by atoms with Crippen LogP contribution in [0.25, 0.3) is 0 Å². The van der Waals surface area contributed by atoms with Gasteiger partial charge in [-0.15, -0.1) is 0 Å². The van der Waals surface area contributed by atoms with E-state index in [2.05, 4.69) is 10.6 Å². The lowest BCUT2D eigenvalue weighted by molar-refractivity contribution is -0.142. The summed E-state index contributed by atoms with van der Waals surface area (Å²) in [5, 5.41) is 23.7. The number of aliphatic carboxylic acids is 1. The number of hydrogen-bond acceptors (Lipinski definition) is 5. The van der Waals surface area contributed by atoms with Crippen molar-refractivity contribution in [3.05, 3.63) is 107 Å². The van der Waals surface area contributed by atoms with Gasteiger partial charge >= 0.3 is 18.0 Å². The number of rotatable bonds is 11. The second kappa shape index (κ2) is 12.7. The molecular formula is C27H26N2O7. The summed E-state index contributed by atoms with van der Waals surface area (Å²) in [5.74, 6) is -3.06. The lowest BCUT2D eigenvalue weighted by Gasteiger charge is -2.21. The first-order valence-corrected chi connectivity index (χ1v) is 11.2. The molecule has 0 bridgehead atoms. The summed E-state index contributed by atoms with van der Waals surface area (Å²) >= 11 is 0. The molecule has 0 aliphatic heterocycles. The first-order valence-electron chi connectivity index (χ1n) is 11.2. The molecule has 2 atom stereocenters. The minimum atomic E-state index is -1.30. The van der Waals surface area contributed by atoms with Crippen LogP contribution in [-0.2, 0) is 33.8 Å². The second-order valence-electron chi connectivity index (χ2n) is 8.05. The van der Waals surface area contributed by atoms with Gasteiger partial charge in [-0.05, 0) is 28.8 Å². The standard InChI is InChI=1S/C27H26N2O7/c30-24(28-23(26(33)34)16-19-11-13-21(14-12-19)25(31)32)22(15-18-7-3-1-4-8-18)29-27(35)36-17-20-9-5-2-6-10-20/h1-14,22-23H,15-17H2,(H,28,30)(H,29,35)(H,31,32)(H,33,34)/t22-,23+/m1/s1. The molecule has 0 heterocycles. The molecule has 3 aromatic rings. The number of benzene rings is 3. The van der Waals surface area contributed by atoms with E-state index in [0.717, 1.165) is 11.1 Å². The number of carboxylic acid groups (broad SMARTS) is 2. The minimum Gasteiger partial charge on any atom is -0.480 e. The molecule has 0 aromatic heterocycles. The molecule has 9 heteroatoms. The van der Waals surface area contributed by atoms with Gasteiger partial charge in [-0.25, -0.2) is 14.4 Å². The molecule has 36 heavy (non-hydrogen) atoms. The molecule has 0 fully saturated rings. The number of nitrogens with one attached hydrogen (secondary N) is 2. The third kappa shape index (κ3) is 7.98. The van der Waals surface area contributed by atoms with Crippen LogP contribution in [0.2, 0.25) is 0 Å². The number of carbonyl (C=O) groups is 4. The van der Waals surface area contributed by atoms with Crippen molar-refractivity contribution in [2.75, 3.05) is 0 Å². The molecule has 186 valence electrons. The SMILES string of the molecule is O=C(N[C@H](Cc1ccccc1)C(=O)N[C@@H](Cc1ccc(C(=O)O)cc1)C(=O)O)OCc1ccccc1. The molecule has 0 saturated heterocycles. The summed E-state index contributed by atoms with van der Waals surface area (Å²) in [7, 11) is 0. The predicted molar refractivity (Wildman–Crippen MR) is 130 cm³/mol. The van der Waals surface area contributed by atoms with E-state index < -0.39 is 36.0 Å². The van der Waals surface area contributed by atoms with E-state index in [-0.39, 0.29) is 25.0 Å². The summed E-state index contributed by atoms with van der Waals surface area (Å²) in [6, 6.07) is 21.3. The van der Waals surface area contributed by atoms with Crippen molar-refractivity contribution in [1.82, 2.24) is 10.6 Å². The molecule has 4 N–H and O–H groups in total. The first-order chi connectivity index (χ1) is 17.3. The zero-order valence-electron chi connectivity index (χ0n) is 19.3. The molecular weight excluding hydrogens is 464 g/mol. The molecule has 3 rings (SSSR count). The highest BCUT2D eigenvalue weighted by atomic mass is 16.5. The number of hydrogen-bond donors (Lipinski definition) is 4. The molecule has 3 aromatic carbocycles. The van der Waals surface area contributed by atoms with E-state index in [9.17, 15) is 24.3 Å². The second-order valence-corrected chi connectivity index (χ2v) is 8.05. The van der Waals surface area contributed by atoms with Crippen LogP contribution in [0, 0.1) is 0 Å².